The topological polar surface area (TPSA) is 47.8 Å². The molecule has 1 rings (SSSR count). The second-order valence-corrected chi connectivity index (χ2v) is 4.71. The highest BCUT2D eigenvalue weighted by Crippen LogP contribution is 2.17. The molecule has 0 atom stereocenters. The monoisotopic (exact) mass is 195 g/mol. The van der Waals surface area contributed by atoms with Crippen molar-refractivity contribution in [2.24, 2.45) is 0 Å². The maximum atomic E-state index is 11.3. The van der Waals surface area contributed by atoms with Gasteiger partial charge in [-0.15, -0.1) is 0 Å². The molecule has 0 aliphatic rings. The van der Waals surface area contributed by atoms with Crippen LogP contribution in [0.3, 0.4) is 0 Å². The Kier molecular flexibility index (Phi) is 2.73. The van der Waals surface area contributed by atoms with Crippen molar-refractivity contribution in [3.63, 3.8) is 0 Å². The molecule has 0 N–H and O–H groups in total. The fourth-order valence-corrected chi connectivity index (χ4v) is 1.04. The van der Waals surface area contributed by atoms with Gasteiger partial charge in [0, 0.05) is 5.41 Å². The van der Waals surface area contributed by atoms with Crippen molar-refractivity contribution in [3.8, 4) is 0 Å². The third kappa shape index (κ3) is 2.19. The van der Waals surface area contributed by atoms with Gasteiger partial charge in [-0.25, -0.2) is 9.48 Å². The highest BCUT2D eigenvalue weighted by molar-refractivity contribution is 5.05. The zero-order valence-corrected chi connectivity index (χ0v) is 9.40. The predicted octanol–water partition coefficient (Wildman–Crippen LogP) is 1.52. The van der Waals surface area contributed by atoms with Gasteiger partial charge < -0.3 is 0 Å². The first-order valence-corrected chi connectivity index (χ1v) is 4.78. The summed E-state index contributed by atoms with van der Waals surface area (Å²) in [5.41, 5.74) is 0.482. The van der Waals surface area contributed by atoms with Crippen molar-refractivity contribution in [3.05, 3.63) is 22.4 Å². The summed E-state index contributed by atoms with van der Waals surface area (Å²) in [5.74, 6) is 0. The van der Waals surface area contributed by atoms with Crippen molar-refractivity contribution in [1.82, 2.24) is 14.8 Å². The molecule has 14 heavy (non-hydrogen) atoms. The Morgan fingerprint density at radius 1 is 1.36 bits per heavy atom. The van der Waals surface area contributed by atoms with Gasteiger partial charge in [-0.05, 0) is 13.8 Å². The van der Waals surface area contributed by atoms with Gasteiger partial charge in [0.15, 0.2) is 0 Å². The first-order valence-electron chi connectivity index (χ1n) is 4.78. The molecule has 0 spiro atoms. The third-order valence-electron chi connectivity index (χ3n) is 1.97. The number of hydrogen-bond acceptors (Lipinski definition) is 3. The van der Waals surface area contributed by atoms with E-state index in [1.165, 1.54) is 4.68 Å². The van der Waals surface area contributed by atoms with Crippen LogP contribution >= 0.6 is 0 Å². The molecule has 1 aromatic rings. The zero-order valence-electron chi connectivity index (χ0n) is 9.40. The Hall–Kier alpha value is -1.19. The van der Waals surface area contributed by atoms with Crippen molar-refractivity contribution in [2.45, 2.75) is 46.1 Å². The quantitative estimate of drug-likeness (QED) is 0.682. The molecule has 0 amide bonds. The molecule has 0 fully saturated rings. The molecule has 1 heterocycles. The van der Waals surface area contributed by atoms with Crippen molar-refractivity contribution in [2.75, 3.05) is 0 Å². The zero-order chi connectivity index (χ0) is 10.9. The van der Waals surface area contributed by atoms with Crippen LogP contribution in [0.4, 0.5) is 0 Å². The Labute approximate surface area is 84.0 Å². The van der Waals surface area contributed by atoms with E-state index in [4.69, 9.17) is 0 Å². The smallest absolute Gasteiger partial charge is 0.244 e. The van der Waals surface area contributed by atoms with E-state index in [1.807, 2.05) is 34.6 Å². The van der Waals surface area contributed by atoms with Crippen molar-refractivity contribution < 1.29 is 0 Å². The van der Waals surface area contributed by atoms with E-state index in [0.717, 1.165) is 5.69 Å². The normalized spacial score (nSPS) is 12.1. The Balaban J connectivity index is 3.27. The number of aromatic nitrogens is 3. The molecule has 0 aliphatic heterocycles. The number of nitrogens with zero attached hydrogens (tertiary/aromatic N) is 3. The second kappa shape index (κ2) is 3.52. The molecule has 4 nitrogen and oxygen atoms in total. The molecule has 0 aromatic carbocycles. The average molecular weight is 195 g/mol. The van der Waals surface area contributed by atoms with Gasteiger partial charge in [0.1, 0.15) is 0 Å². The van der Waals surface area contributed by atoms with Gasteiger partial charge in [0.05, 0.1) is 17.9 Å². The summed E-state index contributed by atoms with van der Waals surface area (Å²) in [4.78, 5) is 15.1. The number of hydrogen-bond donors (Lipinski definition) is 0. The third-order valence-corrected chi connectivity index (χ3v) is 1.97. The lowest BCUT2D eigenvalue weighted by Gasteiger charge is -2.18. The molecule has 0 radical (unpaired) electrons. The summed E-state index contributed by atoms with van der Waals surface area (Å²) in [6, 6.07) is 0.0531. The predicted molar refractivity (Wildman–Crippen MR) is 55.4 cm³/mol. The highest BCUT2D eigenvalue weighted by atomic mass is 16.1. The Bertz CT molecular complexity index is 374. The average Bonchev–Trinajstić information content (AvgIpc) is 2.02. The molecule has 4 heteroatoms. The first kappa shape index (κ1) is 10.9. The fraction of sp³-hybridized carbons (Fsp3) is 0.700. The van der Waals surface area contributed by atoms with Crippen molar-refractivity contribution >= 4 is 0 Å². The molecule has 0 unspecified atom stereocenters. The summed E-state index contributed by atoms with van der Waals surface area (Å²) in [5, 5.41) is 4.28. The minimum atomic E-state index is -0.284. The van der Waals surface area contributed by atoms with Gasteiger partial charge in [-0.2, -0.15) is 10.1 Å². The number of rotatable bonds is 1. The molecule has 0 aliphatic carbocycles. The van der Waals surface area contributed by atoms with E-state index >= 15 is 0 Å². The molecule has 78 valence electrons. The van der Waals surface area contributed by atoms with E-state index < -0.39 is 0 Å². The molecule has 1 aromatic heterocycles. The van der Waals surface area contributed by atoms with E-state index in [-0.39, 0.29) is 17.1 Å². The molecule has 0 bridgehead atoms. The standard InChI is InChI=1S/C10H17N3O/c1-7(2)13-9(14)11-6-8(12-13)10(3,4)5/h6-7H,1-5H3. The lowest BCUT2D eigenvalue weighted by molar-refractivity contribution is 0.446. The Morgan fingerprint density at radius 3 is 2.36 bits per heavy atom. The lowest BCUT2D eigenvalue weighted by atomic mass is 9.93. The van der Waals surface area contributed by atoms with Crippen LogP contribution in [0.25, 0.3) is 0 Å². The summed E-state index contributed by atoms with van der Waals surface area (Å²) in [6.07, 6.45) is 1.56. The van der Waals surface area contributed by atoms with Crippen LogP contribution in [-0.4, -0.2) is 14.8 Å². The van der Waals surface area contributed by atoms with Crippen LogP contribution < -0.4 is 5.69 Å². The van der Waals surface area contributed by atoms with Gasteiger partial charge in [-0.3, -0.25) is 0 Å². The maximum Gasteiger partial charge on any atom is 0.364 e. The van der Waals surface area contributed by atoms with Crippen LogP contribution in [0.2, 0.25) is 0 Å². The van der Waals surface area contributed by atoms with Crippen LogP contribution in [0.1, 0.15) is 46.4 Å². The van der Waals surface area contributed by atoms with E-state index in [2.05, 4.69) is 10.1 Å². The highest BCUT2D eigenvalue weighted by Gasteiger charge is 2.17. The Morgan fingerprint density at radius 2 is 1.93 bits per heavy atom. The minimum absolute atomic E-state index is 0.0531. The SMILES string of the molecule is CC(C)n1nc(C(C)(C)C)cnc1=O. The summed E-state index contributed by atoms with van der Waals surface area (Å²) in [7, 11) is 0. The second-order valence-electron chi connectivity index (χ2n) is 4.71. The summed E-state index contributed by atoms with van der Waals surface area (Å²) in [6.45, 7) is 9.98. The van der Waals surface area contributed by atoms with Crippen LogP contribution in [-0.2, 0) is 5.41 Å². The molecular weight excluding hydrogens is 178 g/mol. The van der Waals surface area contributed by atoms with Crippen LogP contribution in [0, 0.1) is 0 Å². The van der Waals surface area contributed by atoms with Gasteiger partial charge in [0.25, 0.3) is 0 Å². The van der Waals surface area contributed by atoms with E-state index in [0.29, 0.717) is 0 Å². The first-order chi connectivity index (χ1) is 6.32. The largest absolute Gasteiger partial charge is 0.364 e. The maximum absolute atomic E-state index is 11.3. The molecule has 0 saturated heterocycles. The molecule has 0 saturated carbocycles. The minimum Gasteiger partial charge on any atom is -0.244 e. The van der Waals surface area contributed by atoms with E-state index in [1.54, 1.807) is 6.20 Å². The van der Waals surface area contributed by atoms with Gasteiger partial charge >= 0.3 is 5.69 Å². The lowest BCUT2D eigenvalue weighted by Crippen LogP contribution is -2.30. The van der Waals surface area contributed by atoms with Crippen molar-refractivity contribution in [1.29, 1.82) is 0 Å². The summed E-state index contributed by atoms with van der Waals surface area (Å²) < 4.78 is 1.42. The summed E-state index contributed by atoms with van der Waals surface area (Å²) >= 11 is 0. The van der Waals surface area contributed by atoms with E-state index in [9.17, 15) is 4.79 Å². The van der Waals surface area contributed by atoms with Gasteiger partial charge in [-0.1, -0.05) is 20.8 Å². The van der Waals surface area contributed by atoms with Crippen LogP contribution in [0.15, 0.2) is 11.0 Å². The fourth-order valence-electron chi connectivity index (χ4n) is 1.04. The van der Waals surface area contributed by atoms with Gasteiger partial charge in [0.2, 0.25) is 0 Å². The molecular formula is C10H17N3O. The van der Waals surface area contributed by atoms with Crippen LogP contribution in [0.5, 0.6) is 0 Å².